The van der Waals surface area contributed by atoms with Gasteiger partial charge in [0.15, 0.2) is 0 Å². The Morgan fingerprint density at radius 2 is 2.06 bits per heavy atom. The summed E-state index contributed by atoms with van der Waals surface area (Å²) in [6, 6.07) is 10.4. The summed E-state index contributed by atoms with van der Waals surface area (Å²) in [7, 11) is 0. The number of benzene rings is 1. The van der Waals surface area contributed by atoms with Crippen molar-refractivity contribution in [2.45, 2.75) is 26.4 Å². The van der Waals surface area contributed by atoms with Crippen LogP contribution in [0.25, 0.3) is 0 Å². The summed E-state index contributed by atoms with van der Waals surface area (Å²) in [5.41, 5.74) is 3.72. The fraction of sp³-hybridized carbons (Fsp3) is 0.333. The molecule has 1 heterocycles. The van der Waals surface area contributed by atoms with E-state index in [0.717, 1.165) is 6.54 Å². The quantitative estimate of drug-likeness (QED) is 0.866. The number of rotatable bonds is 5. The molecule has 3 heteroatoms. The van der Waals surface area contributed by atoms with Crippen molar-refractivity contribution in [2.75, 3.05) is 6.61 Å². The first-order chi connectivity index (χ1) is 8.72. The van der Waals surface area contributed by atoms with Crippen LogP contribution in [0.4, 0.5) is 0 Å². The van der Waals surface area contributed by atoms with Crippen LogP contribution in [0.1, 0.15) is 27.6 Å². The average molecular weight is 261 g/mol. The molecule has 0 aliphatic carbocycles. The molecule has 2 aromatic rings. The van der Waals surface area contributed by atoms with Crippen molar-refractivity contribution < 1.29 is 5.11 Å². The second-order valence-electron chi connectivity index (χ2n) is 4.48. The molecule has 0 spiro atoms. The minimum Gasteiger partial charge on any atom is -0.394 e. The first-order valence-corrected chi connectivity index (χ1v) is 7.03. The van der Waals surface area contributed by atoms with Crippen LogP contribution in [0.2, 0.25) is 0 Å². The van der Waals surface area contributed by atoms with Gasteiger partial charge in [-0.15, -0.1) is 11.3 Å². The van der Waals surface area contributed by atoms with Gasteiger partial charge in [0.1, 0.15) is 0 Å². The lowest BCUT2D eigenvalue weighted by molar-refractivity contribution is 0.243. The lowest BCUT2D eigenvalue weighted by Gasteiger charge is -2.19. The van der Waals surface area contributed by atoms with Gasteiger partial charge in [0.25, 0.3) is 0 Å². The number of hydrogen-bond acceptors (Lipinski definition) is 3. The molecular formula is C15H19NOS. The Balaban J connectivity index is 2.10. The van der Waals surface area contributed by atoms with E-state index in [1.165, 1.54) is 21.6 Å². The Morgan fingerprint density at radius 3 is 2.72 bits per heavy atom. The second kappa shape index (κ2) is 6.14. The highest BCUT2D eigenvalue weighted by molar-refractivity contribution is 7.09. The first kappa shape index (κ1) is 13.3. The number of thiophene rings is 1. The molecule has 1 unspecified atom stereocenters. The van der Waals surface area contributed by atoms with Gasteiger partial charge in [-0.1, -0.05) is 24.3 Å². The van der Waals surface area contributed by atoms with Gasteiger partial charge in [0, 0.05) is 11.4 Å². The Hall–Kier alpha value is -1.16. The Labute approximate surface area is 112 Å². The molecule has 0 aliphatic heterocycles. The van der Waals surface area contributed by atoms with Gasteiger partial charge in [-0.2, -0.15) is 0 Å². The van der Waals surface area contributed by atoms with E-state index in [0.29, 0.717) is 0 Å². The van der Waals surface area contributed by atoms with Crippen LogP contribution in [-0.4, -0.2) is 11.7 Å². The Bertz CT molecular complexity index is 493. The molecule has 18 heavy (non-hydrogen) atoms. The van der Waals surface area contributed by atoms with E-state index >= 15 is 0 Å². The van der Waals surface area contributed by atoms with E-state index in [9.17, 15) is 5.11 Å². The summed E-state index contributed by atoms with van der Waals surface area (Å²) in [5.74, 6) is 0. The molecule has 96 valence electrons. The van der Waals surface area contributed by atoms with Crippen LogP contribution in [0.5, 0.6) is 0 Å². The number of aliphatic hydroxyl groups excluding tert-OH is 1. The van der Waals surface area contributed by atoms with E-state index in [-0.39, 0.29) is 12.6 Å². The van der Waals surface area contributed by atoms with E-state index in [2.05, 4.69) is 42.7 Å². The smallest absolute Gasteiger partial charge is 0.0626 e. The van der Waals surface area contributed by atoms with Crippen molar-refractivity contribution in [1.82, 2.24) is 5.32 Å². The molecule has 0 aliphatic rings. The van der Waals surface area contributed by atoms with Crippen LogP contribution < -0.4 is 5.32 Å². The zero-order valence-corrected chi connectivity index (χ0v) is 11.6. The van der Waals surface area contributed by atoms with Crippen molar-refractivity contribution >= 4 is 11.3 Å². The monoisotopic (exact) mass is 261 g/mol. The van der Waals surface area contributed by atoms with E-state index < -0.39 is 0 Å². The van der Waals surface area contributed by atoms with Crippen LogP contribution >= 0.6 is 11.3 Å². The summed E-state index contributed by atoms with van der Waals surface area (Å²) in [6.07, 6.45) is 0. The normalized spacial score (nSPS) is 12.6. The number of hydrogen-bond donors (Lipinski definition) is 2. The van der Waals surface area contributed by atoms with Crippen molar-refractivity contribution in [3.05, 3.63) is 57.3 Å². The molecule has 1 aromatic heterocycles. The summed E-state index contributed by atoms with van der Waals surface area (Å²) in [5, 5.41) is 15.1. The maximum Gasteiger partial charge on any atom is 0.0626 e. The SMILES string of the molecule is Cc1cccc(C(CO)NCc2cccs2)c1C. The van der Waals surface area contributed by atoms with Crippen molar-refractivity contribution in [2.24, 2.45) is 0 Å². The lowest BCUT2D eigenvalue weighted by atomic mass is 9.98. The van der Waals surface area contributed by atoms with Crippen LogP contribution in [0, 0.1) is 13.8 Å². The minimum absolute atomic E-state index is 0.00648. The molecule has 0 saturated heterocycles. The zero-order chi connectivity index (χ0) is 13.0. The average Bonchev–Trinajstić information content (AvgIpc) is 2.88. The highest BCUT2D eigenvalue weighted by atomic mass is 32.1. The van der Waals surface area contributed by atoms with Gasteiger partial charge in [0.2, 0.25) is 0 Å². The second-order valence-corrected chi connectivity index (χ2v) is 5.52. The van der Waals surface area contributed by atoms with Gasteiger partial charge in [-0.05, 0) is 42.0 Å². The highest BCUT2D eigenvalue weighted by Crippen LogP contribution is 2.21. The van der Waals surface area contributed by atoms with Crippen molar-refractivity contribution in [3.63, 3.8) is 0 Å². The van der Waals surface area contributed by atoms with Crippen LogP contribution in [-0.2, 0) is 6.54 Å². The number of aliphatic hydroxyl groups is 1. The molecule has 2 N–H and O–H groups in total. The van der Waals surface area contributed by atoms with Gasteiger partial charge in [-0.25, -0.2) is 0 Å². The number of aryl methyl sites for hydroxylation is 1. The maximum atomic E-state index is 9.56. The molecule has 0 amide bonds. The predicted molar refractivity (Wildman–Crippen MR) is 76.9 cm³/mol. The zero-order valence-electron chi connectivity index (χ0n) is 10.8. The summed E-state index contributed by atoms with van der Waals surface area (Å²) >= 11 is 1.73. The van der Waals surface area contributed by atoms with Crippen molar-refractivity contribution in [3.8, 4) is 0 Å². The maximum absolute atomic E-state index is 9.56. The third-order valence-electron chi connectivity index (χ3n) is 3.31. The van der Waals surface area contributed by atoms with Crippen LogP contribution in [0.15, 0.2) is 35.7 Å². The highest BCUT2D eigenvalue weighted by Gasteiger charge is 2.13. The van der Waals surface area contributed by atoms with E-state index in [1.807, 2.05) is 12.1 Å². The van der Waals surface area contributed by atoms with Gasteiger partial charge < -0.3 is 10.4 Å². The Kier molecular flexibility index (Phi) is 4.53. The molecule has 0 radical (unpaired) electrons. The molecule has 0 saturated carbocycles. The topological polar surface area (TPSA) is 32.3 Å². The predicted octanol–water partition coefficient (Wildman–Crippen LogP) is 3.19. The molecule has 0 bridgehead atoms. The first-order valence-electron chi connectivity index (χ1n) is 6.15. The molecule has 1 atom stereocenters. The van der Waals surface area contributed by atoms with Gasteiger partial charge in [0.05, 0.1) is 12.6 Å². The summed E-state index contributed by atoms with van der Waals surface area (Å²) < 4.78 is 0. The lowest BCUT2D eigenvalue weighted by Crippen LogP contribution is -2.24. The molecule has 2 rings (SSSR count). The minimum atomic E-state index is 0.00648. The largest absolute Gasteiger partial charge is 0.394 e. The van der Waals surface area contributed by atoms with E-state index in [4.69, 9.17) is 0 Å². The standard InChI is InChI=1S/C15H19NOS/c1-11-5-3-7-14(12(11)2)15(10-17)16-9-13-6-4-8-18-13/h3-8,15-17H,9-10H2,1-2H3. The molecular weight excluding hydrogens is 242 g/mol. The van der Waals surface area contributed by atoms with Gasteiger partial charge in [-0.3, -0.25) is 0 Å². The summed E-state index contributed by atoms with van der Waals surface area (Å²) in [6.45, 7) is 5.14. The third kappa shape index (κ3) is 2.99. The van der Waals surface area contributed by atoms with Crippen LogP contribution in [0.3, 0.4) is 0 Å². The Morgan fingerprint density at radius 1 is 1.22 bits per heavy atom. The van der Waals surface area contributed by atoms with E-state index in [1.54, 1.807) is 11.3 Å². The van der Waals surface area contributed by atoms with Crippen molar-refractivity contribution in [1.29, 1.82) is 0 Å². The fourth-order valence-electron chi connectivity index (χ4n) is 2.06. The van der Waals surface area contributed by atoms with Gasteiger partial charge >= 0.3 is 0 Å². The summed E-state index contributed by atoms with van der Waals surface area (Å²) in [4.78, 5) is 1.29. The molecule has 2 nitrogen and oxygen atoms in total. The molecule has 0 fully saturated rings. The molecule has 1 aromatic carbocycles. The third-order valence-corrected chi connectivity index (χ3v) is 4.18. The number of nitrogens with one attached hydrogen (secondary N) is 1. The fourth-order valence-corrected chi connectivity index (χ4v) is 2.72.